The maximum atomic E-state index is 6.00. The second kappa shape index (κ2) is 11.9. The topological polar surface area (TPSA) is 27.7 Å². The van der Waals surface area contributed by atoms with Crippen molar-refractivity contribution in [3.8, 4) is 16.9 Å². The van der Waals surface area contributed by atoms with Crippen LogP contribution in [0.3, 0.4) is 0 Å². The number of benzene rings is 3. The van der Waals surface area contributed by atoms with Gasteiger partial charge in [0.25, 0.3) is 0 Å². The number of hydrogen-bond donors (Lipinski definition) is 0. The van der Waals surface area contributed by atoms with E-state index in [1.807, 2.05) is 11.8 Å². The quantitative estimate of drug-likeness (QED) is 0.312. The lowest BCUT2D eigenvalue weighted by atomic mass is 9.98. The number of rotatable bonds is 11. The SMILES string of the molecule is CCc1ccccc1-c1ccccc1Sc1cc(C)c(OCCOCCOC)c(C)c1. The van der Waals surface area contributed by atoms with E-state index in [1.165, 1.54) is 26.5 Å². The molecule has 164 valence electrons. The van der Waals surface area contributed by atoms with Crippen molar-refractivity contribution < 1.29 is 14.2 Å². The van der Waals surface area contributed by atoms with Gasteiger partial charge in [-0.15, -0.1) is 0 Å². The van der Waals surface area contributed by atoms with Gasteiger partial charge in [-0.1, -0.05) is 61.2 Å². The van der Waals surface area contributed by atoms with Crippen LogP contribution < -0.4 is 4.74 Å². The van der Waals surface area contributed by atoms with Gasteiger partial charge in [-0.3, -0.25) is 0 Å². The molecule has 0 saturated carbocycles. The summed E-state index contributed by atoms with van der Waals surface area (Å²) in [5.41, 5.74) is 6.26. The first-order valence-electron chi connectivity index (χ1n) is 10.8. The van der Waals surface area contributed by atoms with E-state index >= 15 is 0 Å². The van der Waals surface area contributed by atoms with Crippen molar-refractivity contribution >= 4 is 11.8 Å². The molecule has 0 bridgehead atoms. The standard InChI is InChI=1S/C27H32O3S/c1-5-22-10-6-7-11-24(22)25-12-8-9-13-26(25)31-23-18-20(2)27(21(3)19-23)30-17-16-29-15-14-28-4/h6-13,18-19H,5,14-17H2,1-4H3. The summed E-state index contributed by atoms with van der Waals surface area (Å²) < 4.78 is 16.5. The summed E-state index contributed by atoms with van der Waals surface area (Å²) in [5, 5.41) is 0. The molecular weight excluding hydrogens is 404 g/mol. The van der Waals surface area contributed by atoms with Crippen molar-refractivity contribution in [3.05, 3.63) is 77.4 Å². The number of methoxy groups -OCH3 is 1. The van der Waals surface area contributed by atoms with Crippen molar-refractivity contribution in [2.75, 3.05) is 33.5 Å². The fraction of sp³-hybridized carbons (Fsp3) is 0.333. The van der Waals surface area contributed by atoms with Crippen LogP contribution in [0, 0.1) is 13.8 Å². The van der Waals surface area contributed by atoms with Gasteiger partial charge in [0.05, 0.1) is 19.8 Å². The van der Waals surface area contributed by atoms with Crippen LogP contribution in [0.2, 0.25) is 0 Å². The highest BCUT2D eigenvalue weighted by Crippen LogP contribution is 2.39. The predicted octanol–water partition coefficient (Wildman–Crippen LogP) is 6.73. The van der Waals surface area contributed by atoms with Crippen molar-refractivity contribution in [2.45, 2.75) is 37.0 Å². The van der Waals surface area contributed by atoms with E-state index in [-0.39, 0.29) is 0 Å². The van der Waals surface area contributed by atoms with Gasteiger partial charge in [0, 0.05) is 16.9 Å². The lowest BCUT2D eigenvalue weighted by molar-refractivity contribution is 0.0542. The second-order valence-electron chi connectivity index (χ2n) is 7.45. The van der Waals surface area contributed by atoms with E-state index in [9.17, 15) is 0 Å². The summed E-state index contributed by atoms with van der Waals surface area (Å²) in [6.07, 6.45) is 1.02. The van der Waals surface area contributed by atoms with Crippen molar-refractivity contribution in [1.82, 2.24) is 0 Å². The monoisotopic (exact) mass is 436 g/mol. The Balaban J connectivity index is 1.75. The molecule has 0 aliphatic heterocycles. The van der Waals surface area contributed by atoms with Crippen LogP contribution in [0.4, 0.5) is 0 Å². The molecule has 0 spiro atoms. The van der Waals surface area contributed by atoms with E-state index in [4.69, 9.17) is 14.2 Å². The lowest BCUT2D eigenvalue weighted by Gasteiger charge is -2.16. The van der Waals surface area contributed by atoms with Gasteiger partial charge >= 0.3 is 0 Å². The van der Waals surface area contributed by atoms with Crippen LogP contribution in [0.5, 0.6) is 5.75 Å². The highest BCUT2D eigenvalue weighted by atomic mass is 32.2. The Morgan fingerprint density at radius 2 is 1.42 bits per heavy atom. The Hall–Kier alpha value is -2.27. The minimum atomic E-state index is 0.536. The third-order valence-corrected chi connectivity index (χ3v) is 6.19. The smallest absolute Gasteiger partial charge is 0.125 e. The van der Waals surface area contributed by atoms with E-state index in [0.717, 1.165) is 23.3 Å². The van der Waals surface area contributed by atoms with Crippen LogP contribution in [0.1, 0.15) is 23.6 Å². The molecule has 4 heteroatoms. The summed E-state index contributed by atoms with van der Waals surface area (Å²) in [5.74, 6) is 0.948. The largest absolute Gasteiger partial charge is 0.491 e. The Labute approximate surface area is 190 Å². The van der Waals surface area contributed by atoms with Gasteiger partial charge in [-0.2, -0.15) is 0 Å². The highest BCUT2D eigenvalue weighted by Gasteiger charge is 2.12. The summed E-state index contributed by atoms with van der Waals surface area (Å²) in [6.45, 7) is 8.72. The van der Waals surface area contributed by atoms with E-state index < -0.39 is 0 Å². The zero-order valence-electron chi connectivity index (χ0n) is 18.9. The number of ether oxygens (including phenoxy) is 3. The molecule has 0 saturated heterocycles. The maximum absolute atomic E-state index is 6.00. The van der Waals surface area contributed by atoms with Crippen LogP contribution in [0.15, 0.2) is 70.5 Å². The van der Waals surface area contributed by atoms with Gasteiger partial charge in [0.1, 0.15) is 12.4 Å². The molecule has 3 nitrogen and oxygen atoms in total. The average Bonchev–Trinajstić information content (AvgIpc) is 2.78. The third kappa shape index (κ3) is 6.36. The molecule has 0 amide bonds. The Bertz CT molecular complexity index is 961. The van der Waals surface area contributed by atoms with Gasteiger partial charge in [0.15, 0.2) is 0 Å². The fourth-order valence-electron chi connectivity index (χ4n) is 3.64. The van der Waals surface area contributed by atoms with Gasteiger partial charge in [-0.05, 0) is 66.3 Å². The molecular formula is C27H32O3S. The summed E-state index contributed by atoms with van der Waals surface area (Å²) >= 11 is 1.81. The van der Waals surface area contributed by atoms with E-state index in [1.54, 1.807) is 7.11 Å². The van der Waals surface area contributed by atoms with Crippen LogP contribution >= 0.6 is 11.8 Å². The highest BCUT2D eigenvalue weighted by molar-refractivity contribution is 7.99. The molecule has 31 heavy (non-hydrogen) atoms. The lowest BCUT2D eigenvalue weighted by Crippen LogP contribution is -2.11. The molecule has 0 aliphatic carbocycles. The first-order valence-corrected chi connectivity index (χ1v) is 11.6. The molecule has 0 aromatic heterocycles. The van der Waals surface area contributed by atoms with Crippen LogP contribution in [0.25, 0.3) is 11.1 Å². The summed E-state index contributed by atoms with van der Waals surface area (Å²) in [4.78, 5) is 2.49. The zero-order chi connectivity index (χ0) is 22.1. The second-order valence-corrected chi connectivity index (χ2v) is 8.56. The summed E-state index contributed by atoms with van der Waals surface area (Å²) in [6, 6.07) is 21.8. The van der Waals surface area contributed by atoms with E-state index in [2.05, 4.69) is 81.4 Å². The molecule has 0 radical (unpaired) electrons. The minimum Gasteiger partial charge on any atom is -0.491 e. The van der Waals surface area contributed by atoms with Crippen molar-refractivity contribution in [3.63, 3.8) is 0 Å². The van der Waals surface area contributed by atoms with Gasteiger partial charge in [0.2, 0.25) is 0 Å². The van der Waals surface area contributed by atoms with E-state index in [0.29, 0.717) is 26.4 Å². The zero-order valence-corrected chi connectivity index (χ0v) is 19.8. The van der Waals surface area contributed by atoms with Crippen molar-refractivity contribution in [2.24, 2.45) is 0 Å². The third-order valence-electron chi connectivity index (χ3n) is 5.14. The Morgan fingerprint density at radius 1 is 0.774 bits per heavy atom. The predicted molar refractivity (Wildman–Crippen MR) is 129 cm³/mol. The minimum absolute atomic E-state index is 0.536. The molecule has 0 atom stereocenters. The van der Waals surface area contributed by atoms with Crippen LogP contribution in [-0.4, -0.2) is 33.5 Å². The summed E-state index contributed by atoms with van der Waals surface area (Å²) in [7, 11) is 1.67. The molecule has 0 fully saturated rings. The normalized spacial score (nSPS) is 11.0. The van der Waals surface area contributed by atoms with Crippen LogP contribution in [-0.2, 0) is 15.9 Å². The molecule has 0 N–H and O–H groups in total. The first-order chi connectivity index (χ1) is 15.1. The number of aryl methyl sites for hydroxylation is 3. The Morgan fingerprint density at radius 3 is 2.13 bits per heavy atom. The molecule has 3 aromatic carbocycles. The van der Waals surface area contributed by atoms with Crippen molar-refractivity contribution in [1.29, 1.82) is 0 Å². The number of hydrogen-bond acceptors (Lipinski definition) is 4. The fourth-order valence-corrected chi connectivity index (χ4v) is 4.80. The molecule has 0 aliphatic rings. The van der Waals surface area contributed by atoms with Gasteiger partial charge in [-0.25, -0.2) is 0 Å². The Kier molecular flexibility index (Phi) is 9.01. The van der Waals surface area contributed by atoms with Gasteiger partial charge < -0.3 is 14.2 Å². The molecule has 0 heterocycles. The molecule has 3 rings (SSSR count). The first kappa shape index (κ1) is 23.4. The molecule has 0 unspecified atom stereocenters. The average molecular weight is 437 g/mol. The maximum Gasteiger partial charge on any atom is 0.125 e. The molecule has 3 aromatic rings.